The zero-order valence-electron chi connectivity index (χ0n) is 11.9. The zero-order valence-corrected chi connectivity index (χ0v) is 13.4. The van der Waals surface area contributed by atoms with Crippen molar-refractivity contribution >= 4 is 29.2 Å². The third-order valence-electron chi connectivity index (χ3n) is 3.11. The summed E-state index contributed by atoms with van der Waals surface area (Å²) in [6, 6.07) is 13.8. The van der Waals surface area contributed by atoms with Gasteiger partial charge in [-0.25, -0.2) is 0 Å². The Morgan fingerprint density at radius 3 is 2.43 bits per heavy atom. The number of benzene rings is 2. The molecular formula is C16H17ClN2OS. The lowest BCUT2D eigenvalue weighted by molar-refractivity contribution is 0.318. The minimum absolute atomic E-state index is 0.0156. The summed E-state index contributed by atoms with van der Waals surface area (Å²) in [5.74, 6) is 0.518. The van der Waals surface area contributed by atoms with Gasteiger partial charge in [-0.05, 0) is 35.7 Å². The van der Waals surface area contributed by atoms with Gasteiger partial charge in [0.2, 0.25) is 0 Å². The molecule has 2 aromatic rings. The Kier molecular flexibility index (Phi) is 5.15. The highest BCUT2D eigenvalue weighted by Gasteiger charge is 2.13. The van der Waals surface area contributed by atoms with Gasteiger partial charge in [0.1, 0.15) is 0 Å². The molecule has 0 heterocycles. The topological polar surface area (TPSA) is 58.6 Å². The van der Waals surface area contributed by atoms with E-state index in [9.17, 15) is 0 Å². The summed E-state index contributed by atoms with van der Waals surface area (Å²) in [7, 11) is 0. The summed E-state index contributed by atoms with van der Waals surface area (Å²) in [5, 5.41) is 12.4. The molecule has 0 amide bonds. The molecule has 3 nitrogen and oxygen atoms in total. The molecule has 0 atom stereocenters. The molecule has 0 aliphatic carbocycles. The Hall–Kier alpha value is -1.65. The molecule has 0 unspecified atom stereocenters. The first-order valence-corrected chi connectivity index (χ1v) is 7.76. The van der Waals surface area contributed by atoms with Crippen LogP contribution in [0.15, 0.2) is 57.4 Å². The fourth-order valence-corrected chi connectivity index (χ4v) is 3.25. The molecule has 0 bridgehead atoms. The second-order valence-corrected chi connectivity index (χ2v) is 6.45. The van der Waals surface area contributed by atoms with Crippen LogP contribution in [0, 0.1) is 0 Å². The van der Waals surface area contributed by atoms with Crippen molar-refractivity contribution < 1.29 is 5.21 Å². The van der Waals surface area contributed by atoms with Gasteiger partial charge >= 0.3 is 0 Å². The summed E-state index contributed by atoms with van der Waals surface area (Å²) < 4.78 is 0. The lowest BCUT2D eigenvalue weighted by Crippen LogP contribution is -2.14. The molecular weight excluding hydrogens is 304 g/mol. The summed E-state index contributed by atoms with van der Waals surface area (Å²) >= 11 is 7.69. The first-order chi connectivity index (χ1) is 10.0. The number of oxime groups is 1. The third kappa shape index (κ3) is 3.71. The quantitative estimate of drug-likeness (QED) is 0.371. The lowest BCUT2D eigenvalue weighted by atomic mass is 10.0. The van der Waals surface area contributed by atoms with Gasteiger partial charge in [-0.15, -0.1) is 0 Å². The number of hydrogen-bond donors (Lipinski definition) is 2. The lowest BCUT2D eigenvalue weighted by Gasteiger charge is -2.11. The van der Waals surface area contributed by atoms with Crippen LogP contribution in [0.3, 0.4) is 0 Å². The minimum Gasteiger partial charge on any atom is -0.409 e. The summed E-state index contributed by atoms with van der Waals surface area (Å²) in [6.45, 7) is 4.32. The zero-order chi connectivity index (χ0) is 15.4. The van der Waals surface area contributed by atoms with E-state index in [4.69, 9.17) is 22.5 Å². The highest BCUT2D eigenvalue weighted by atomic mass is 35.5. The van der Waals surface area contributed by atoms with E-state index in [1.165, 1.54) is 17.3 Å². The molecule has 5 heteroatoms. The maximum atomic E-state index is 8.90. The second-order valence-electron chi connectivity index (χ2n) is 4.92. The average molecular weight is 321 g/mol. The first kappa shape index (κ1) is 15.7. The van der Waals surface area contributed by atoms with E-state index in [2.05, 4.69) is 43.3 Å². The fourth-order valence-electron chi connectivity index (χ4n) is 1.94. The van der Waals surface area contributed by atoms with Crippen molar-refractivity contribution in [3.8, 4) is 0 Å². The Morgan fingerprint density at radius 2 is 1.86 bits per heavy atom. The Balaban J connectivity index is 2.33. The number of hydrogen-bond acceptors (Lipinski definition) is 3. The van der Waals surface area contributed by atoms with Crippen LogP contribution < -0.4 is 5.73 Å². The van der Waals surface area contributed by atoms with E-state index in [1.54, 1.807) is 6.07 Å². The maximum Gasteiger partial charge on any atom is 0.172 e. The van der Waals surface area contributed by atoms with Crippen molar-refractivity contribution in [1.82, 2.24) is 0 Å². The van der Waals surface area contributed by atoms with Gasteiger partial charge in [-0.2, -0.15) is 0 Å². The molecule has 0 fully saturated rings. The van der Waals surface area contributed by atoms with Gasteiger partial charge in [-0.3, -0.25) is 0 Å². The van der Waals surface area contributed by atoms with Gasteiger partial charge in [0.25, 0.3) is 0 Å². The predicted molar refractivity (Wildman–Crippen MR) is 88.6 cm³/mol. The summed E-state index contributed by atoms with van der Waals surface area (Å²) in [6.07, 6.45) is 0. The SMILES string of the molecule is CC(C)c1ccc(Sc2cccc(Cl)c2C(N)=NO)cc1. The van der Waals surface area contributed by atoms with Gasteiger partial charge < -0.3 is 10.9 Å². The molecule has 0 aliphatic heterocycles. The fraction of sp³-hybridized carbons (Fsp3) is 0.188. The first-order valence-electron chi connectivity index (χ1n) is 6.57. The van der Waals surface area contributed by atoms with E-state index in [0.717, 1.165) is 9.79 Å². The normalized spacial score (nSPS) is 11.9. The van der Waals surface area contributed by atoms with Crippen molar-refractivity contribution in [3.05, 3.63) is 58.6 Å². The van der Waals surface area contributed by atoms with Crippen LogP contribution in [0.25, 0.3) is 0 Å². The molecule has 0 spiro atoms. The van der Waals surface area contributed by atoms with E-state index in [1.807, 2.05) is 12.1 Å². The standard InChI is InChI=1S/C16H17ClN2OS/c1-10(2)11-6-8-12(9-7-11)21-14-5-3-4-13(17)15(14)16(18)19-20/h3-10,20H,1-2H3,(H2,18,19). The number of rotatable bonds is 4. The van der Waals surface area contributed by atoms with E-state index in [0.29, 0.717) is 16.5 Å². The Morgan fingerprint density at radius 1 is 1.19 bits per heavy atom. The molecule has 3 N–H and O–H groups in total. The smallest absolute Gasteiger partial charge is 0.172 e. The van der Waals surface area contributed by atoms with Crippen molar-refractivity contribution in [1.29, 1.82) is 0 Å². The van der Waals surface area contributed by atoms with Crippen LogP contribution in [0.5, 0.6) is 0 Å². The molecule has 2 rings (SSSR count). The van der Waals surface area contributed by atoms with Crippen molar-refractivity contribution in [2.24, 2.45) is 10.9 Å². The molecule has 110 valence electrons. The number of halogens is 1. The summed E-state index contributed by atoms with van der Waals surface area (Å²) in [5.41, 5.74) is 7.56. The van der Waals surface area contributed by atoms with Gasteiger partial charge in [0, 0.05) is 9.79 Å². The van der Waals surface area contributed by atoms with E-state index >= 15 is 0 Å². The molecule has 0 saturated heterocycles. The van der Waals surface area contributed by atoms with Crippen molar-refractivity contribution in [2.75, 3.05) is 0 Å². The van der Waals surface area contributed by atoms with Crippen LogP contribution in [0.2, 0.25) is 5.02 Å². The van der Waals surface area contributed by atoms with Crippen LogP contribution in [-0.4, -0.2) is 11.0 Å². The molecule has 0 aliphatic rings. The highest BCUT2D eigenvalue weighted by Crippen LogP contribution is 2.34. The number of amidine groups is 1. The highest BCUT2D eigenvalue weighted by molar-refractivity contribution is 7.99. The van der Waals surface area contributed by atoms with Crippen LogP contribution >= 0.6 is 23.4 Å². The maximum absolute atomic E-state index is 8.90. The largest absolute Gasteiger partial charge is 0.409 e. The third-order valence-corrected chi connectivity index (χ3v) is 4.50. The monoisotopic (exact) mass is 320 g/mol. The van der Waals surface area contributed by atoms with Gasteiger partial charge in [-0.1, -0.05) is 60.6 Å². The Bertz CT molecular complexity index is 654. The molecule has 2 aromatic carbocycles. The number of nitrogens with zero attached hydrogens (tertiary/aromatic N) is 1. The number of nitrogens with two attached hydrogens (primary N) is 1. The van der Waals surface area contributed by atoms with Crippen molar-refractivity contribution in [2.45, 2.75) is 29.6 Å². The second kappa shape index (κ2) is 6.87. The molecule has 0 saturated carbocycles. The van der Waals surface area contributed by atoms with E-state index < -0.39 is 0 Å². The molecule has 0 aromatic heterocycles. The van der Waals surface area contributed by atoms with E-state index in [-0.39, 0.29) is 5.84 Å². The van der Waals surface area contributed by atoms with Crippen molar-refractivity contribution in [3.63, 3.8) is 0 Å². The van der Waals surface area contributed by atoms with Gasteiger partial charge in [0.15, 0.2) is 5.84 Å². The van der Waals surface area contributed by atoms with Gasteiger partial charge in [0.05, 0.1) is 10.6 Å². The van der Waals surface area contributed by atoms with Crippen LogP contribution in [-0.2, 0) is 0 Å². The minimum atomic E-state index is 0.0156. The molecule has 21 heavy (non-hydrogen) atoms. The summed E-state index contributed by atoms with van der Waals surface area (Å²) in [4.78, 5) is 1.93. The van der Waals surface area contributed by atoms with Crippen LogP contribution in [0.1, 0.15) is 30.9 Å². The predicted octanol–water partition coefficient (Wildman–Crippen LogP) is 4.71. The Labute approximate surface area is 133 Å². The molecule has 0 radical (unpaired) electrons. The average Bonchev–Trinajstić information content (AvgIpc) is 2.47. The van der Waals surface area contributed by atoms with Crippen LogP contribution in [0.4, 0.5) is 0 Å².